The molecule has 0 saturated heterocycles. The molecule has 0 aliphatic carbocycles. The van der Waals surface area contributed by atoms with Crippen molar-refractivity contribution in [2.45, 2.75) is 66.1 Å². The molecule has 2 unspecified atom stereocenters. The van der Waals surface area contributed by atoms with Crippen LogP contribution in [0.4, 0.5) is 0 Å². The Kier molecular flexibility index (Phi) is 10.5. The van der Waals surface area contributed by atoms with Gasteiger partial charge < -0.3 is 15.2 Å². The van der Waals surface area contributed by atoms with Gasteiger partial charge in [0, 0.05) is 13.1 Å². The minimum atomic E-state index is 0. The fourth-order valence-corrected chi connectivity index (χ4v) is 2.79. The van der Waals surface area contributed by atoms with Crippen LogP contribution in [0.25, 0.3) is 0 Å². The average molecular weight is 498 g/mol. The van der Waals surface area contributed by atoms with Crippen LogP contribution in [0.2, 0.25) is 0 Å². The highest BCUT2D eigenvalue weighted by Gasteiger charge is 2.12. The van der Waals surface area contributed by atoms with Crippen molar-refractivity contribution >= 4 is 29.9 Å². The third-order valence-corrected chi connectivity index (χ3v) is 4.77. The molecule has 2 aromatic rings. The van der Waals surface area contributed by atoms with Gasteiger partial charge in [0.15, 0.2) is 11.8 Å². The Morgan fingerprint density at radius 3 is 2.29 bits per heavy atom. The number of aliphatic imine (C=N–C) groups is 1. The molecule has 28 heavy (non-hydrogen) atoms. The van der Waals surface area contributed by atoms with Crippen molar-refractivity contribution in [3.8, 4) is 0 Å². The van der Waals surface area contributed by atoms with Crippen LogP contribution in [0, 0.1) is 12.8 Å². The van der Waals surface area contributed by atoms with Gasteiger partial charge in [-0.15, -0.1) is 34.2 Å². The molecule has 1 aromatic heterocycles. The number of benzene rings is 1. The van der Waals surface area contributed by atoms with E-state index in [1.54, 1.807) is 0 Å². The smallest absolute Gasteiger partial charge is 0.192 e. The van der Waals surface area contributed by atoms with Crippen LogP contribution in [0.3, 0.4) is 0 Å². The van der Waals surface area contributed by atoms with E-state index in [4.69, 9.17) is 4.99 Å². The van der Waals surface area contributed by atoms with Crippen LogP contribution in [0.15, 0.2) is 35.3 Å². The molecule has 0 fully saturated rings. The van der Waals surface area contributed by atoms with Gasteiger partial charge in [0.25, 0.3) is 0 Å². The van der Waals surface area contributed by atoms with Crippen LogP contribution in [0.1, 0.15) is 63.8 Å². The fourth-order valence-electron chi connectivity index (χ4n) is 2.79. The molecule has 1 aromatic carbocycles. The maximum Gasteiger partial charge on any atom is 0.192 e. The fraction of sp³-hybridized carbons (Fsp3) is 0.571. The van der Waals surface area contributed by atoms with Crippen LogP contribution in [0.5, 0.6) is 0 Å². The van der Waals surface area contributed by atoms with Crippen LogP contribution >= 0.6 is 24.0 Å². The molecule has 0 spiro atoms. The van der Waals surface area contributed by atoms with Gasteiger partial charge in [0.1, 0.15) is 12.4 Å². The summed E-state index contributed by atoms with van der Waals surface area (Å²) in [6.45, 7) is 11.3. The first-order chi connectivity index (χ1) is 12.9. The Balaban J connectivity index is 0.00000392. The van der Waals surface area contributed by atoms with E-state index in [1.165, 1.54) is 12.0 Å². The molecule has 0 aliphatic heterocycles. The Bertz CT molecular complexity index is 726. The molecule has 0 amide bonds. The molecule has 0 bridgehead atoms. The summed E-state index contributed by atoms with van der Waals surface area (Å²) in [5.41, 5.74) is 1.23. The third kappa shape index (κ3) is 7.77. The zero-order valence-electron chi connectivity index (χ0n) is 17.9. The van der Waals surface area contributed by atoms with E-state index in [-0.39, 0.29) is 30.0 Å². The quantitative estimate of drug-likeness (QED) is 0.323. The minimum absolute atomic E-state index is 0. The van der Waals surface area contributed by atoms with Crippen LogP contribution in [-0.4, -0.2) is 26.8 Å². The molecule has 2 N–H and O–H groups in total. The van der Waals surface area contributed by atoms with Crippen molar-refractivity contribution in [3.63, 3.8) is 0 Å². The van der Waals surface area contributed by atoms with Crippen LogP contribution in [-0.2, 0) is 13.6 Å². The number of aromatic nitrogens is 3. The summed E-state index contributed by atoms with van der Waals surface area (Å²) in [7, 11) is 1.97. The first-order valence-corrected chi connectivity index (χ1v) is 9.84. The van der Waals surface area contributed by atoms with Crippen molar-refractivity contribution in [1.29, 1.82) is 0 Å². The molecule has 6 nitrogen and oxygen atoms in total. The second kappa shape index (κ2) is 12.0. The molecular formula is C21H35IN6. The van der Waals surface area contributed by atoms with E-state index in [0.717, 1.165) is 24.0 Å². The number of guanidine groups is 1. The molecule has 0 saturated carbocycles. The molecule has 0 aliphatic rings. The van der Waals surface area contributed by atoms with Gasteiger partial charge >= 0.3 is 0 Å². The van der Waals surface area contributed by atoms with Gasteiger partial charge in [-0.05, 0) is 45.1 Å². The van der Waals surface area contributed by atoms with E-state index in [2.05, 4.69) is 72.8 Å². The van der Waals surface area contributed by atoms with Gasteiger partial charge in [0.2, 0.25) is 0 Å². The van der Waals surface area contributed by atoms with Crippen molar-refractivity contribution in [3.05, 3.63) is 47.5 Å². The Hall–Kier alpha value is -1.64. The lowest BCUT2D eigenvalue weighted by molar-refractivity contribution is 0.486. The Morgan fingerprint density at radius 1 is 1.04 bits per heavy atom. The Morgan fingerprint density at radius 2 is 1.71 bits per heavy atom. The highest BCUT2D eigenvalue weighted by Crippen LogP contribution is 2.12. The number of nitrogens with one attached hydrogen (secondary N) is 2. The zero-order chi connectivity index (χ0) is 19.8. The number of aryl methyl sites for hydroxylation is 1. The number of halogens is 1. The van der Waals surface area contributed by atoms with E-state index in [9.17, 15) is 0 Å². The van der Waals surface area contributed by atoms with Crippen molar-refractivity contribution in [1.82, 2.24) is 25.4 Å². The van der Waals surface area contributed by atoms with Gasteiger partial charge in [-0.3, -0.25) is 0 Å². The summed E-state index contributed by atoms with van der Waals surface area (Å²) >= 11 is 0. The molecule has 2 atom stereocenters. The first-order valence-electron chi connectivity index (χ1n) is 9.84. The standard InChI is InChI=1S/C21H34N6.HI/c1-15(2)12-13-16(3)23-21(22-14-20-26-25-18(5)27(20)6)24-17(4)19-10-8-7-9-11-19;/h7-11,15-17H,12-14H2,1-6H3,(H2,22,23,24);1H. The summed E-state index contributed by atoms with van der Waals surface area (Å²) in [5.74, 6) is 3.26. The largest absolute Gasteiger partial charge is 0.354 e. The predicted octanol–water partition coefficient (Wildman–Crippen LogP) is 4.36. The topological polar surface area (TPSA) is 67.1 Å². The maximum absolute atomic E-state index is 4.77. The van der Waals surface area contributed by atoms with Gasteiger partial charge in [0.05, 0.1) is 6.04 Å². The first kappa shape index (κ1) is 24.4. The summed E-state index contributed by atoms with van der Waals surface area (Å²) in [4.78, 5) is 4.77. The van der Waals surface area contributed by atoms with E-state index in [1.807, 2.05) is 24.6 Å². The monoisotopic (exact) mass is 498 g/mol. The normalized spacial score (nSPS) is 13.8. The number of hydrogen-bond acceptors (Lipinski definition) is 3. The van der Waals surface area contributed by atoms with Crippen molar-refractivity contribution in [2.75, 3.05) is 0 Å². The predicted molar refractivity (Wildman–Crippen MR) is 127 cm³/mol. The van der Waals surface area contributed by atoms with Gasteiger partial charge in [-0.2, -0.15) is 0 Å². The Labute approximate surface area is 186 Å². The molecule has 0 radical (unpaired) electrons. The zero-order valence-corrected chi connectivity index (χ0v) is 20.3. The van der Waals surface area contributed by atoms with Crippen molar-refractivity contribution < 1.29 is 0 Å². The van der Waals surface area contributed by atoms with E-state index >= 15 is 0 Å². The minimum Gasteiger partial charge on any atom is -0.354 e. The lowest BCUT2D eigenvalue weighted by Crippen LogP contribution is -2.43. The number of hydrogen-bond donors (Lipinski definition) is 2. The summed E-state index contributed by atoms with van der Waals surface area (Å²) in [6.07, 6.45) is 2.30. The summed E-state index contributed by atoms with van der Waals surface area (Å²) in [6, 6.07) is 10.9. The lowest BCUT2D eigenvalue weighted by atomic mass is 10.0. The average Bonchev–Trinajstić information content (AvgIpc) is 2.97. The third-order valence-electron chi connectivity index (χ3n) is 4.77. The SMILES string of the molecule is Cc1nnc(CN=C(NC(C)CCC(C)C)NC(C)c2ccccc2)n1C.I. The summed E-state index contributed by atoms with van der Waals surface area (Å²) < 4.78 is 1.98. The maximum atomic E-state index is 4.77. The molecular weight excluding hydrogens is 463 g/mol. The van der Waals surface area contributed by atoms with Crippen molar-refractivity contribution in [2.24, 2.45) is 18.0 Å². The van der Waals surface area contributed by atoms with E-state index < -0.39 is 0 Å². The molecule has 7 heteroatoms. The highest BCUT2D eigenvalue weighted by atomic mass is 127. The highest BCUT2D eigenvalue weighted by molar-refractivity contribution is 14.0. The van der Waals surface area contributed by atoms with Gasteiger partial charge in [-0.25, -0.2) is 4.99 Å². The molecule has 156 valence electrons. The number of rotatable bonds is 8. The van der Waals surface area contributed by atoms with E-state index in [0.29, 0.717) is 18.5 Å². The molecule has 2 rings (SSSR count). The lowest BCUT2D eigenvalue weighted by Gasteiger charge is -2.22. The molecule has 1 heterocycles. The summed E-state index contributed by atoms with van der Waals surface area (Å²) in [5, 5.41) is 15.4. The van der Waals surface area contributed by atoms with Crippen LogP contribution < -0.4 is 10.6 Å². The van der Waals surface area contributed by atoms with Gasteiger partial charge in [-0.1, -0.05) is 44.2 Å². The second-order valence-corrected chi connectivity index (χ2v) is 7.68. The second-order valence-electron chi connectivity index (χ2n) is 7.68. The number of nitrogens with zero attached hydrogens (tertiary/aromatic N) is 4.